The normalized spacial score (nSPS) is 21.8. The highest BCUT2D eigenvalue weighted by Crippen LogP contribution is 2.15. The maximum absolute atomic E-state index is 11.9. The van der Waals surface area contributed by atoms with Gasteiger partial charge in [-0.2, -0.15) is 13.2 Å². The van der Waals surface area contributed by atoms with Gasteiger partial charge < -0.3 is 10.6 Å². The molecule has 0 spiro atoms. The van der Waals surface area contributed by atoms with Crippen molar-refractivity contribution in [2.24, 2.45) is 0 Å². The van der Waals surface area contributed by atoms with Crippen molar-refractivity contribution in [1.29, 1.82) is 0 Å². The van der Waals surface area contributed by atoms with Gasteiger partial charge in [0, 0.05) is 0 Å². The van der Waals surface area contributed by atoms with Crippen LogP contribution in [-0.4, -0.2) is 24.0 Å². The average Bonchev–Trinajstić information content (AvgIpc) is 2.30. The van der Waals surface area contributed by atoms with E-state index in [2.05, 4.69) is 5.32 Å². The maximum Gasteiger partial charge on any atom is 0.471 e. The van der Waals surface area contributed by atoms with Crippen molar-refractivity contribution in [2.45, 2.75) is 25.1 Å². The second kappa shape index (κ2) is 4.33. The van der Waals surface area contributed by atoms with Crippen molar-refractivity contribution in [1.82, 2.24) is 10.6 Å². The summed E-state index contributed by atoms with van der Waals surface area (Å²) in [6.07, 6.45) is -1.41. The van der Waals surface area contributed by atoms with E-state index in [9.17, 15) is 22.8 Å². The number of halogens is 3. The Morgan fingerprint density at radius 2 is 2.20 bits per heavy atom. The lowest BCUT2D eigenvalue weighted by Gasteiger charge is -2.15. The maximum atomic E-state index is 11.9. The number of nitrogens with one attached hydrogen (secondary N) is 2. The van der Waals surface area contributed by atoms with E-state index >= 15 is 0 Å². The average molecular weight is 222 g/mol. The van der Waals surface area contributed by atoms with Crippen molar-refractivity contribution < 1.29 is 22.8 Å². The lowest BCUT2D eigenvalue weighted by molar-refractivity contribution is -0.174. The van der Waals surface area contributed by atoms with E-state index in [0.29, 0.717) is 6.42 Å². The Balaban J connectivity index is 2.58. The van der Waals surface area contributed by atoms with E-state index in [0.717, 1.165) is 0 Å². The number of alkyl halides is 3. The molecule has 1 heterocycles. The molecule has 84 valence electrons. The molecule has 4 nitrogen and oxygen atoms in total. The second-order valence-electron chi connectivity index (χ2n) is 3.01. The summed E-state index contributed by atoms with van der Waals surface area (Å²) in [5.74, 6) is -2.73. The van der Waals surface area contributed by atoms with E-state index in [1.54, 1.807) is 11.4 Å². The number of amides is 2. The van der Waals surface area contributed by atoms with Gasteiger partial charge in [-0.3, -0.25) is 9.59 Å². The monoisotopic (exact) mass is 222 g/mol. The van der Waals surface area contributed by atoms with Crippen molar-refractivity contribution in [3.8, 4) is 0 Å². The molecule has 0 radical (unpaired) electrons. The number of allylic oxidation sites excluding steroid dienone is 1. The third kappa shape index (κ3) is 3.26. The predicted molar refractivity (Wildman–Crippen MR) is 44.5 cm³/mol. The van der Waals surface area contributed by atoms with Crippen LogP contribution in [-0.2, 0) is 9.59 Å². The molecule has 15 heavy (non-hydrogen) atoms. The standard InChI is InChI=1S/C8H9F3N2O2/c9-8(10,11)7(15)13-5-3-1-2-4-12-6(5)14/h2,4-5H,1,3H2,(H,12,14)(H,13,15)/t5-/m0/s1. The van der Waals surface area contributed by atoms with Crippen LogP contribution in [0.5, 0.6) is 0 Å². The van der Waals surface area contributed by atoms with Gasteiger partial charge in [-0.1, -0.05) is 6.08 Å². The molecule has 0 saturated carbocycles. The molecule has 2 N–H and O–H groups in total. The van der Waals surface area contributed by atoms with E-state index in [1.807, 2.05) is 0 Å². The molecule has 1 rings (SSSR count). The fourth-order valence-corrected chi connectivity index (χ4v) is 1.10. The van der Waals surface area contributed by atoms with Gasteiger partial charge in [0.15, 0.2) is 0 Å². The summed E-state index contributed by atoms with van der Waals surface area (Å²) < 4.78 is 35.6. The van der Waals surface area contributed by atoms with E-state index in [-0.39, 0.29) is 6.42 Å². The fourth-order valence-electron chi connectivity index (χ4n) is 1.10. The summed E-state index contributed by atoms with van der Waals surface area (Å²) in [4.78, 5) is 21.7. The van der Waals surface area contributed by atoms with Crippen molar-refractivity contribution in [3.05, 3.63) is 12.3 Å². The predicted octanol–water partition coefficient (Wildman–Crippen LogP) is 0.457. The lowest BCUT2D eigenvalue weighted by atomic mass is 10.1. The van der Waals surface area contributed by atoms with Crippen LogP contribution >= 0.6 is 0 Å². The van der Waals surface area contributed by atoms with Crippen LogP contribution in [0.25, 0.3) is 0 Å². The quantitative estimate of drug-likeness (QED) is 0.677. The third-order valence-electron chi connectivity index (χ3n) is 1.84. The molecule has 0 aromatic carbocycles. The number of hydrogen-bond donors (Lipinski definition) is 2. The molecule has 1 aliphatic rings. The van der Waals surface area contributed by atoms with Crippen molar-refractivity contribution >= 4 is 11.8 Å². The molecule has 2 amide bonds. The zero-order valence-corrected chi connectivity index (χ0v) is 7.60. The zero-order chi connectivity index (χ0) is 11.5. The summed E-state index contributed by atoms with van der Waals surface area (Å²) in [6.45, 7) is 0. The Kier molecular flexibility index (Phi) is 3.33. The Hall–Kier alpha value is -1.53. The van der Waals surface area contributed by atoms with E-state index in [1.165, 1.54) is 6.20 Å². The van der Waals surface area contributed by atoms with Crippen LogP contribution in [0.1, 0.15) is 12.8 Å². The number of hydrogen-bond acceptors (Lipinski definition) is 2. The summed E-state index contributed by atoms with van der Waals surface area (Å²) in [5, 5.41) is 3.88. The first-order chi connectivity index (χ1) is 6.91. The van der Waals surface area contributed by atoms with Gasteiger partial charge in [0.05, 0.1) is 0 Å². The van der Waals surface area contributed by atoms with Crippen LogP contribution in [0.4, 0.5) is 13.2 Å². The molecule has 1 atom stereocenters. The molecule has 0 aromatic rings. The second-order valence-corrected chi connectivity index (χ2v) is 3.01. The van der Waals surface area contributed by atoms with Gasteiger partial charge in [0.25, 0.3) is 0 Å². The molecule has 0 aromatic heterocycles. The number of carbonyl (C=O) groups is 2. The zero-order valence-electron chi connectivity index (χ0n) is 7.60. The minimum absolute atomic E-state index is 0.157. The van der Waals surface area contributed by atoms with Gasteiger partial charge >= 0.3 is 12.1 Å². The van der Waals surface area contributed by atoms with Crippen molar-refractivity contribution in [2.75, 3.05) is 0 Å². The summed E-state index contributed by atoms with van der Waals surface area (Å²) in [6, 6.07) is -1.13. The molecule has 0 fully saturated rings. The van der Waals surface area contributed by atoms with Gasteiger partial charge in [-0.05, 0) is 19.0 Å². The molecular formula is C8H9F3N2O2. The highest BCUT2D eigenvalue weighted by Gasteiger charge is 2.40. The van der Waals surface area contributed by atoms with Crippen LogP contribution in [0, 0.1) is 0 Å². The fraction of sp³-hybridized carbons (Fsp3) is 0.500. The largest absolute Gasteiger partial charge is 0.471 e. The van der Waals surface area contributed by atoms with Crippen LogP contribution < -0.4 is 10.6 Å². The molecule has 0 aliphatic carbocycles. The highest BCUT2D eigenvalue weighted by molar-refractivity contribution is 5.90. The number of carbonyl (C=O) groups excluding carboxylic acids is 2. The Morgan fingerprint density at radius 1 is 1.53 bits per heavy atom. The molecule has 7 heteroatoms. The molecule has 1 aliphatic heterocycles. The first-order valence-electron chi connectivity index (χ1n) is 4.24. The van der Waals surface area contributed by atoms with Gasteiger partial charge in [-0.25, -0.2) is 0 Å². The van der Waals surface area contributed by atoms with Crippen LogP contribution in [0.3, 0.4) is 0 Å². The third-order valence-corrected chi connectivity index (χ3v) is 1.84. The Bertz CT molecular complexity index is 299. The minimum Gasteiger partial charge on any atom is -0.336 e. The van der Waals surface area contributed by atoms with E-state index in [4.69, 9.17) is 0 Å². The first kappa shape index (κ1) is 11.5. The summed E-state index contributed by atoms with van der Waals surface area (Å²) in [7, 11) is 0. The number of rotatable bonds is 1. The smallest absolute Gasteiger partial charge is 0.336 e. The highest BCUT2D eigenvalue weighted by atomic mass is 19.4. The van der Waals surface area contributed by atoms with Crippen molar-refractivity contribution in [3.63, 3.8) is 0 Å². The molecule has 0 bridgehead atoms. The molecule has 0 saturated heterocycles. The van der Waals surface area contributed by atoms with Gasteiger partial charge in [0.1, 0.15) is 6.04 Å². The molecule has 0 unspecified atom stereocenters. The Labute approximate surface area is 83.5 Å². The van der Waals surface area contributed by atoms with Gasteiger partial charge in [-0.15, -0.1) is 0 Å². The van der Waals surface area contributed by atoms with Gasteiger partial charge in [0.2, 0.25) is 5.91 Å². The summed E-state index contributed by atoms with van der Waals surface area (Å²) >= 11 is 0. The van der Waals surface area contributed by atoms with E-state index < -0.39 is 24.0 Å². The lowest BCUT2D eigenvalue weighted by Crippen LogP contribution is -2.49. The van der Waals surface area contributed by atoms with Crippen LogP contribution in [0.15, 0.2) is 12.3 Å². The first-order valence-corrected chi connectivity index (χ1v) is 4.24. The summed E-state index contributed by atoms with van der Waals surface area (Å²) in [5.41, 5.74) is 0. The van der Waals surface area contributed by atoms with Crippen LogP contribution in [0.2, 0.25) is 0 Å². The SMILES string of the molecule is O=C1NC=CCC[C@@H]1NC(=O)C(F)(F)F. The topological polar surface area (TPSA) is 58.2 Å². The molecular weight excluding hydrogens is 213 g/mol. The Morgan fingerprint density at radius 3 is 2.80 bits per heavy atom. The minimum atomic E-state index is -4.96.